The van der Waals surface area contributed by atoms with Gasteiger partial charge >= 0.3 is 12.2 Å². The Bertz CT molecular complexity index is 850. The number of hydrogen-bond acceptors (Lipinski definition) is 3. The summed E-state index contributed by atoms with van der Waals surface area (Å²) in [6.45, 7) is 4.16. The highest BCUT2D eigenvalue weighted by Gasteiger charge is 2.35. The van der Waals surface area contributed by atoms with E-state index in [1.165, 1.54) is 0 Å². The van der Waals surface area contributed by atoms with E-state index in [-0.39, 0.29) is 22.9 Å². The van der Waals surface area contributed by atoms with Crippen LogP contribution >= 0.6 is 11.6 Å². The number of amides is 2. The largest absolute Gasteiger partial charge is 0.416 e. The Kier molecular flexibility index (Phi) is 4.72. The molecule has 0 atom stereocenters. The summed E-state index contributed by atoms with van der Waals surface area (Å²) in [7, 11) is 0. The van der Waals surface area contributed by atoms with Crippen molar-refractivity contribution >= 4 is 29.0 Å². The number of benzene rings is 2. The number of hydrazine groups is 2. The summed E-state index contributed by atoms with van der Waals surface area (Å²) in [5.74, 6) is 0. The minimum atomic E-state index is -4.53. The van der Waals surface area contributed by atoms with Gasteiger partial charge in [0.05, 0.1) is 16.3 Å². The molecule has 0 unspecified atom stereocenters. The zero-order valence-corrected chi connectivity index (χ0v) is 14.7. The molecule has 0 bridgehead atoms. The van der Waals surface area contributed by atoms with Crippen molar-refractivity contribution in [2.24, 2.45) is 0 Å². The fraction of sp³-hybridized carbons (Fsp3) is 0.235. The van der Waals surface area contributed by atoms with Crippen molar-refractivity contribution in [3.05, 3.63) is 57.6 Å². The van der Waals surface area contributed by atoms with Crippen LogP contribution in [-0.2, 0) is 12.7 Å². The molecule has 2 aromatic carbocycles. The lowest BCUT2D eigenvalue weighted by molar-refractivity contribution is -0.137. The molecule has 0 saturated carbocycles. The van der Waals surface area contributed by atoms with E-state index in [9.17, 15) is 18.0 Å². The number of fused-ring (bicyclic) bond motifs is 1. The maximum absolute atomic E-state index is 12.9. The standard InChI is InChI=1S/C17H16ClF3N4O/c1-9-4-3-5-10(2)12(9)8-22-16(26)25-15-13(18)6-11(17(19,20)21)7-14(15)23-24-25/h3-7,23-24H,8H2,1-2H3,(H,22,26). The van der Waals surface area contributed by atoms with Gasteiger partial charge in [-0.3, -0.25) is 0 Å². The molecular weight excluding hydrogens is 369 g/mol. The van der Waals surface area contributed by atoms with Crippen molar-refractivity contribution in [2.75, 3.05) is 10.4 Å². The van der Waals surface area contributed by atoms with Crippen molar-refractivity contribution < 1.29 is 18.0 Å². The van der Waals surface area contributed by atoms with Gasteiger partial charge in [0.2, 0.25) is 0 Å². The van der Waals surface area contributed by atoms with Crippen LogP contribution < -0.4 is 21.3 Å². The van der Waals surface area contributed by atoms with Crippen molar-refractivity contribution in [3.8, 4) is 0 Å². The lowest BCUT2D eigenvalue weighted by Crippen LogP contribution is -2.47. The second-order valence-electron chi connectivity index (χ2n) is 5.95. The number of halogens is 4. The fourth-order valence-corrected chi connectivity index (χ4v) is 3.08. The normalized spacial score (nSPS) is 13.4. The summed E-state index contributed by atoms with van der Waals surface area (Å²) in [4.78, 5) is 12.5. The van der Waals surface area contributed by atoms with Crippen LogP contribution in [0.3, 0.4) is 0 Å². The van der Waals surface area contributed by atoms with Gasteiger partial charge in [0, 0.05) is 6.54 Å². The lowest BCUT2D eigenvalue weighted by atomic mass is 10.0. The molecule has 26 heavy (non-hydrogen) atoms. The maximum atomic E-state index is 12.9. The number of anilines is 2. The van der Waals surface area contributed by atoms with Crippen LogP contribution in [0.4, 0.5) is 29.3 Å². The number of urea groups is 1. The SMILES string of the molecule is Cc1cccc(C)c1CNC(=O)N1NNc2cc(C(F)(F)F)cc(Cl)c21. The number of nitrogens with zero attached hydrogens (tertiary/aromatic N) is 1. The average Bonchev–Trinajstić information content (AvgIpc) is 2.98. The quantitative estimate of drug-likeness (QED) is 0.712. The van der Waals surface area contributed by atoms with Crippen molar-refractivity contribution in [1.82, 2.24) is 10.9 Å². The predicted octanol–water partition coefficient (Wildman–Crippen LogP) is 4.54. The first-order valence-corrected chi connectivity index (χ1v) is 8.11. The van der Waals surface area contributed by atoms with Crippen molar-refractivity contribution in [1.29, 1.82) is 0 Å². The monoisotopic (exact) mass is 384 g/mol. The zero-order chi connectivity index (χ0) is 19.1. The molecule has 1 aliphatic heterocycles. The molecule has 2 amide bonds. The lowest BCUT2D eigenvalue weighted by Gasteiger charge is -2.19. The van der Waals surface area contributed by atoms with Gasteiger partial charge in [-0.15, -0.1) is 5.53 Å². The Morgan fingerprint density at radius 1 is 1.23 bits per heavy atom. The van der Waals surface area contributed by atoms with Gasteiger partial charge in [-0.05, 0) is 42.7 Å². The van der Waals surface area contributed by atoms with E-state index in [4.69, 9.17) is 11.6 Å². The number of nitrogens with one attached hydrogen (secondary N) is 3. The van der Waals surface area contributed by atoms with E-state index >= 15 is 0 Å². The van der Waals surface area contributed by atoms with Crippen LogP contribution in [0.1, 0.15) is 22.3 Å². The fourth-order valence-electron chi connectivity index (χ4n) is 2.78. The molecule has 0 radical (unpaired) electrons. The molecule has 2 aromatic rings. The third-order valence-electron chi connectivity index (χ3n) is 4.18. The van der Waals surface area contributed by atoms with E-state index in [0.29, 0.717) is 0 Å². The molecule has 0 saturated heterocycles. The smallest absolute Gasteiger partial charge is 0.332 e. The second kappa shape index (κ2) is 6.69. The summed E-state index contributed by atoms with van der Waals surface area (Å²) in [5, 5.41) is 3.60. The summed E-state index contributed by atoms with van der Waals surface area (Å²) < 4.78 is 38.6. The number of rotatable bonds is 2. The van der Waals surface area contributed by atoms with Crippen LogP contribution in [0.25, 0.3) is 0 Å². The molecule has 3 rings (SSSR count). The molecule has 0 spiro atoms. The molecule has 0 aliphatic carbocycles. The van der Waals surface area contributed by atoms with E-state index in [1.807, 2.05) is 32.0 Å². The number of hydrogen-bond donors (Lipinski definition) is 3. The number of carbonyl (C=O) groups is 1. The number of carbonyl (C=O) groups excluding carboxylic acids is 1. The summed E-state index contributed by atoms with van der Waals surface area (Å²) in [6, 6.07) is 6.95. The van der Waals surface area contributed by atoms with E-state index < -0.39 is 17.8 Å². The first-order chi connectivity index (χ1) is 12.2. The molecule has 138 valence electrons. The van der Waals surface area contributed by atoms with Crippen LogP contribution in [0.5, 0.6) is 0 Å². The van der Waals surface area contributed by atoms with Gasteiger partial charge in [0.1, 0.15) is 5.69 Å². The Hall–Kier alpha value is -2.45. The van der Waals surface area contributed by atoms with Gasteiger partial charge in [0.15, 0.2) is 0 Å². The predicted molar refractivity (Wildman–Crippen MR) is 93.8 cm³/mol. The summed E-state index contributed by atoms with van der Waals surface area (Å²) in [6.07, 6.45) is -4.53. The average molecular weight is 385 g/mol. The molecule has 3 N–H and O–H groups in total. The third kappa shape index (κ3) is 3.42. The Morgan fingerprint density at radius 3 is 2.50 bits per heavy atom. The Balaban J connectivity index is 1.80. The van der Waals surface area contributed by atoms with Crippen LogP contribution in [0, 0.1) is 13.8 Å². The van der Waals surface area contributed by atoms with Gasteiger partial charge in [0.25, 0.3) is 0 Å². The summed E-state index contributed by atoms with van der Waals surface area (Å²) in [5.41, 5.74) is 7.43. The highest BCUT2D eigenvalue weighted by molar-refractivity contribution is 6.35. The van der Waals surface area contributed by atoms with Crippen LogP contribution in [-0.4, -0.2) is 6.03 Å². The molecule has 1 aliphatic rings. The molecular formula is C17H16ClF3N4O. The first kappa shape index (κ1) is 18.3. The summed E-state index contributed by atoms with van der Waals surface area (Å²) >= 11 is 5.99. The van der Waals surface area contributed by atoms with Gasteiger partial charge in [-0.2, -0.15) is 13.2 Å². The minimum Gasteiger partial charge on any atom is -0.332 e. The molecule has 0 fully saturated rings. The molecule has 1 heterocycles. The minimum absolute atomic E-state index is 0.0760. The van der Waals surface area contributed by atoms with Crippen molar-refractivity contribution in [3.63, 3.8) is 0 Å². The second-order valence-corrected chi connectivity index (χ2v) is 6.36. The van der Waals surface area contributed by atoms with Crippen molar-refractivity contribution in [2.45, 2.75) is 26.6 Å². The third-order valence-corrected chi connectivity index (χ3v) is 4.47. The van der Waals surface area contributed by atoms with Gasteiger partial charge in [-0.25, -0.2) is 9.80 Å². The first-order valence-electron chi connectivity index (χ1n) is 7.74. The Morgan fingerprint density at radius 2 is 1.88 bits per heavy atom. The number of alkyl halides is 3. The molecule has 9 heteroatoms. The van der Waals surface area contributed by atoms with E-state index in [0.717, 1.165) is 33.8 Å². The number of aryl methyl sites for hydroxylation is 2. The maximum Gasteiger partial charge on any atom is 0.416 e. The van der Waals surface area contributed by atoms with Gasteiger partial charge in [-0.1, -0.05) is 29.8 Å². The van der Waals surface area contributed by atoms with Gasteiger partial charge < -0.3 is 10.7 Å². The van der Waals surface area contributed by atoms with Crippen LogP contribution in [0.15, 0.2) is 30.3 Å². The van der Waals surface area contributed by atoms with E-state index in [1.54, 1.807) is 0 Å². The molecule has 5 nitrogen and oxygen atoms in total. The Labute approximate surface area is 153 Å². The van der Waals surface area contributed by atoms with Crippen LogP contribution in [0.2, 0.25) is 5.02 Å². The topological polar surface area (TPSA) is 56.4 Å². The highest BCUT2D eigenvalue weighted by atomic mass is 35.5. The van der Waals surface area contributed by atoms with E-state index in [2.05, 4.69) is 16.3 Å². The highest BCUT2D eigenvalue weighted by Crippen LogP contribution is 2.42. The molecule has 0 aromatic heterocycles. The zero-order valence-electron chi connectivity index (χ0n) is 14.0.